The van der Waals surface area contributed by atoms with Crippen LogP contribution in [0.15, 0.2) is 18.2 Å². The number of rotatable bonds is 24. The van der Waals surface area contributed by atoms with Crippen LogP contribution in [0.1, 0.15) is 169 Å². The summed E-state index contributed by atoms with van der Waals surface area (Å²) in [5.74, 6) is -0.778. The first kappa shape index (κ1) is 33.2. The Morgan fingerprint density at radius 1 is 0.541 bits per heavy atom. The molecule has 0 amide bonds. The van der Waals surface area contributed by atoms with E-state index in [2.05, 4.69) is 20.8 Å². The van der Waals surface area contributed by atoms with Gasteiger partial charge in [0.1, 0.15) is 0 Å². The molecule has 0 atom stereocenters. The molecule has 0 spiro atoms. The Hall–Kier alpha value is -1.84. The third kappa shape index (κ3) is 15.9. The van der Waals surface area contributed by atoms with Gasteiger partial charge in [0.15, 0.2) is 0 Å². The number of carbonyl (C=O) groups is 2. The van der Waals surface area contributed by atoms with Crippen molar-refractivity contribution in [2.45, 2.75) is 149 Å². The average molecular weight is 517 g/mol. The molecule has 0 aromatic heterocycles. The number of ether oxygens (including phenoxy) is 2. The molecule has 1 rings (SSSR count). The van der Waals surface area contributed by atoms with E-state index in [1.807, 2.05) is 12.1 Å². The molecule has 0 bridgehead atoms. The summed E-state index contributed by atoms with van der Waals surface area (Å²) in [6.45, 7) is 7.46. The van der Waals surface area contributed by atoms with Crippen LogP contribution in [0.3, 0.4) is 0 Å². The third-order valence-corrected chi connectivity index (χ3v) is 7.09. The molecule has 0 saturated heterocycles. The summed E-state index contributed by atoms with van der Waals surface area (Å²) in [5, 5.41) is 0. The monoisotopic (exact) mass is 516 g/mol. The number of hydrogen-bond acceptors (Lipinski definition) is 4. The van der Waals surface area contributed by atoms with Gasteiger partial charge in [-0.1, -0.05) is 136 Å². The molecule has 0 saturated carbocycles. The van der Waals surface area contributed by atoms with E-state index in [0.717, 1.165) is 50.5 Å². The second kappa shape index (κ2) is 23.3. The zero-order valence-corrected chi connectivity index (χ0v) is 24.4. The molecule has 0 aliphatic rings. The van der Waals surface area contributed by atoms with Crippen molar-refractivity contribution in [1.82, 2.24) is 0 Å². The van der Waals surface area contributed by atoms with Gasteiger partial charge < -0.3 is 9.47 Å². The highest BCUT2D eigenvalue weighted by atomic mass is 16.5. The summed E-state index contributed by atoms with van der Waals surface area (Å²) in [5.41, 5.74) is 1.70. The van der Waals surface area contributed by atoms with Crippen LogP contribution in [0.25, 0.3) is 0 Å². The summed E-state index contributed by atoms with van der Waals surface area (Å²) in [6, 6.07) is 5.57. The molecule has 37 heavy (non-hydrogen) atoms. The Morgan fingerprint density at radius 3 is 1.49 bits per heavy atom. The molecule has 0 heterocycles. The quantitative estimate of drug-likeness (QED) is 0.101. The number of hydrogen-bond donors (Lipinski definition) is 0. The van der Waals surface area contributed by atoms with Gasteiger partial charge in [-0.15, -0.1) is 0 Å². The second-order valence-corrected chi connectivity index (χ2v) is 10.5. The third-order valence-electron chi connectivity index (χ3n) is 7.09. The van der Waals surface area contributed by atoms with Crippen LogP contribution >= 0.6 is 0 Å². The highest BCUT2D eigenvalue weighted by Gasteiger charge is 2.23. The zero-order chi connectivity index (χ0) is 27.0. The number of carbonyl (C=O) groups excluding carboxylic acids is 2. The van der Waals surface area contributed by atoms with Crippen molar-refractivity contribution in [3.05, 3.63) is 34.9 Å². The smallest absolute Gasteiger partial charge is 0.339 e. The van der Waals surface area contributed by atoms with Crippen molar-refractivity contribution in [2.24, 2.45) is 0 Å². The molecule has 0 aliphatic heterocycles. The van der Waals surface area contributed by atoms with Crippen molar-refractivity contribution >= 4 is 11.9 Å². The SMILES string of the molecule is CCCCCCCCCc1cccc(C(=O)OCCCCCCCC)c1C(=O)OCCCCCCCC. The van der Waals surface area contributed by atoms with Gasteiger partial charge >= 0.3 is 11.9 Å². The van der Waals surface area contributed by atoms with Gasteiger partial charge in [-0.05, 0) is 37.3 Å². The lowest BCUT2D eigenvalue weighted by atomic mass is 9.96. The Balaban J connectivity index is 2.71. The number of aryl methyl sites for hydroxylation is 1. The maximum absolute atomic E-state index is 13.2. The molecular weight excluding hydrogens is 460 g/mol. The summed E-state index contributed by atoms with van der Waals surface area (Å²) < 4.78 is 11.3. The van der Waals surface area contributed by atoms with Crippen LogP contribution in [0.4, 0.5) is 0 Å². The molecule has 1 aromatic carbocycles. The van der Waals surface area contributed by atoms with E-state index in [1.165, 1.54) is 83.5 Å². The molecule has 4 nitrogen and oxygen atoms in total. The van der Waals surface area contributed by atoms with Gasteiger partial charge in [0.05, 0.1) is 24.3 Å². The highest BCUT2D eigenvalue weighted by Crippen LogP contribution is 2.21. The molecule has 0 radical (unpaired) electrons. The van der Waals surface area contributed by atoms with Gasteiger partial charge in [0, 0.05) is 0 Å². The van der Waals surface area contributed by atoms with E-state index in [-0.39, 0.29) is 5.97 Å². The standard InChI is InChI=1S/C33H56O4/c1-4-7-10-13-16-17-20-24-29-25-23-26-30(32(34)36-27-21-18-14-11-8-5-2)31(29)33(35)37-28-22-19-15-12-9-6-3/h23,25-26H,4-22,24,27-28H2,1-3H3. The first-order chi connectivity index (χ1) is 18.2. The first-order valence-electron chi connectivity index (χ1n) is 15.6. The van der Waals surface area contributed by atoms with E-state index in [1.54, 1.807) is 6.07 Å². The molecule has 212 valence electrons. The Labute approximate surface area is 228 Å². The molecule has 0 aliphatic carbocycles. The van der Waals surface area contributed by atoms with E-state index in [0.29, 0.717) is 24.3 Å². The minimum Gasteiger partial charge on any atom is -0.462 e. The summed E-state index contributed by atoms with van der Waals surface area (Å²) in [7, 11) is 0. The number of esters is 2. The van der Waals surface area contributed by atoms with Crippen LogP contribution in [0.2, 0.25) is 0 Å². The van der Waals surface area contributed by atoms with Crippen molar-refractivity contribution < 1.29 is 19.1 Å². The van der Waals surface area contributed by atoms with Crippen LogP contribution in [0.5, 0.6) is 0 Å². The van der Waals surface area contributed by atoms with Gasteiger partial charge in [0.25, 0.3) is 0 Å². The Kier molecular flexibility index (Phi) is 20.9. The lowest BCUT2D eigenvalue weighted by Crippen LogP contribution is -2.17. The fourth-order valence-corrected chi connectivity index (χ4v) is 4.74. The number of benzene rings is 1. The average Bonchev–Trinajstić information content (AvgIpc) is 2.91. The maximum Gasteiger partial charge on any atom is 0.339 e. The van der Waals surface area contributed by atoms with E-state index in [9.17, 15) is 9.59 Å². The molecule has 4 heteroatoms. The lowest BCUT2D eigenvalue weighted by molar-refractivity contribution is 0.0449. The lowest BCUT2D eigenvalue weighted by Gasteiger charge is -2.14. The Bertz CT molecular complexity index is 712. The minimum absolute atomic E-state index is 0.361. The molecule has 1 aromatic rings. The van der Waals surface area contributed by atoms with Crippen LogP contribution < -0.4 is 0 Å². The second-order valence-electron chi connectivity index (χ2n) is 10.5. The maximum atomic E-state index is 13.2. The molecular formula is C33H56O4. The van der Waals surface area contributed by atoms with Crippen LogP contribution in [-0.2, 0) is 15.9 Å². The van der Waals surface area contributed by atoms with E-state index in [4.69, 9.17) is 9.47 Å². The largest absolute Gasteiger partial charge is 0.462 e. The van der Waals surface area contributed by atoms with Crippen LogP contribution in [0, 0.1) is 0 Å². The minimum atomic E-state index is -0.401. The predicted octanol–water partition coefficient (Wildman–Crippen LogP) is 10.0. The predicted molar refractivity (Wildman–Crippen MR) is 155 cm³/mol. The normalized spacial score (nSPS) is 11.0. The summed E-state index contributed by atoms with van der Waals surface area (Å²) >= 11 is 0. The van der Waals surface area contributed by atoms with E-state index >= 15 is 0 Å². The van der Waals surface area contributed by atoms with Gasteiger partial charge in [0.2, 0.25) is 0 Å². The topological polar surface area (TPSA) is 52.6 Å². The van der Waals surface area contributed by atoms with Crippen molar-refractivity contribution in [3.8, 4) is 0 Å². The van der Waals surface area contributed by atoms with Crippen molar-refractivity contribution in [3.63, 3.8) is 0 Å². The van der Waals surface area contributed by atoms with Crippen LogP contribution in [-0.4, -0.2) is 25.2 Å². The van der Waals surface area contributed by atoms with Crippen molar-refractivity contribution in [1.29, 1.82) is 0 Å². The van der Waals surface area contributed by atoms with Gasteiger partial charge in [-0.3, -0.25) is 0 Å². The zero-order valence-electron chi connectivity index (χ0n) is 24.4. The van der Waals surface area contributed by atoms with Gasteiger partial charge in [-0.2, -0.15) is 0 Å². The molecule has 0 unspecified atom stereocenters. The summed E-state index contributed by atoms with van der Waals surface area (Å²) in [6.07, 6.45) is 23.0. The molecule has 0 N–H and O–H groups in total. The van der Waals surface area contributed by atoms with Crippen molar-refractivity contribution in [2.75, 3.05) is 13.2 Å². The highest BCUT2D eigenvalue weighted by molar-refractivity contribution is 6.04. The van der Waals surface area contributed by atoms with E-state index < -0.39 is 5.97 Å². The van der Waals surface area contributed by atoms with Gasteiger partial charge in [-0.25, -0.2) is 9.59 Å². The molecule has 0 fully saturated rings. The fraction of sp³-hybridized carbons (Fsp3) is 0.758. The number of unbranched alkanes of at least 4 members (excludes halogenated alkanes) is 16. The first-order valence-corrected chi connectivity index (χ1v) is 15.6. The summed E-state index contributed by atoms with van der Waals surface area (Å²) in [4.78, 5) is 26.2. The Morgan fingerprint density at radius 2 is 0.973 bits per heavy atom. The fourth-order valence-electron chi connectivity index (χ4n) is 4.74.